The molecular formula is C22H21BrN2O5S. The largest absolute Gasteiger partial charge is 0.493 e. The van der Waals surface area contributed by atoms with Gasteiger partial charge in [-0.1, -0.05) is 28.1 Å². The third-order valence-corrected chi connectivity index (χ3v) is 5.61. The van der Waals surface area contributed by atoms with Crippen molar-refractivity contribution >= 4 is 56.5 Å². The Bertz CT molecular complexity index is 1040. The number of imide groups is 1. The van der Waals surface area contributed by atoms with E-state index in [1.807, 2.05) is 13.8 Å². The lowest BCUT2D eigenvalue weighted by Crippen LogP contribution is -2.36. The number of halogens is 1. The predicted molar refractivity (Wildman–Crippen MR) is 124 cm³/mol. The molecule has 1 aliphatic heterocycles. The predicted octanol–water partition coefficient (Wildman–Crippen LogP) is 4.92. The Morgan fingerprint density at radius 1 is 1.19 bits per heavy atom. The summed E-state index contributed by atoms with van der Waals surface area (Å²) in [5, 5.41) is 2.17. The highest BCUT2D eigenvalue weighted by molar-refractivity contribution is 9.10. The molecule has 3 rings (SSSR count). The first-order chi connectivity index (χ1) is 14.8. The maximum absolute atomic E-state index is 12.8. The molecule has 0 radical (unpaired) electrons. The van der Waals surface area contributed by atoms with Crippen molar-refractivity contribution in [2.24, 2.45) is 0 Å². The van der Waals surface area contributed by atoms with Gasteiger partial charge in [0.15, 0.2) is 11.5 Å². The Kier molecular flexibility index (Phi) is 7.40. The van der Waals surface area contributed by atoms with Crippen LogP contribution in [0.25, 0.3) is 6.08 Å². The monoisotopic (exact) mass is 504 g/mol. The summed E-state index contributed by atoms with van der Waals surface area (Å²) in [6, 6.07) is 12.3. The second-order valence-corrected chi connectivity index (χ2v) is 8.78. The van der Waals surface area contributed by atoms with E-state index in [1.165, 1.54) is 7.11 Å². The minimum atomic E-state index is -0.528. The molecular weight excluding hydrogens is 484 g/mol. The molecule has 1 heterocycles. The number of hydrogen-bond donors (Lipinski definition) is 1. The Morgan fingerprint density at radius 3 is 2.55 bits per heavy atom. The van der Waals surface area contributed by atoms with E-state index in [2.05, 4.69) is 21.2 Å². The molecule has 7 nitrogen and oxygen atoms in total. The molecule has 1 fully saturated rings. The van der Waals surface area contributed by atoms with Crippen LogP contribution in [-0.2, 0) is 9.59 Å². The Morgan fingerprint density at radius 2 is 1.90 bits per heavy atom. The van der Waals surface area contributed by atoms with E-state index >= 15 is 0 Å². The highest BCUT2D eigenvalue weighted by atomic mass is 79.9. The van der Waals surface area contributed by atoms with E-state index in [1.54, 1.807) is 48.5 Å². The fourth-order valence-electron chi connectivity index (χ4n) is 2.82. The van der Waals surface area contributed by atoms with E-state index in [9.17, 15) is 14.4 Å². The van der Waals surface area contributed by atoms with Gasteiger partial charge in [0.25, 0.3) is 11.1 Å². The molecule has 0 aliphatic carbocycles. The van der Waals surface area contributed by atoms with Gasteiger partial charge in [0.2, 0.25) is 5.91 Å². The molecule has 2 aromatic rings. The number of benzene rings is 2. The molecule has 1 N–H and O–H groups in total. The van der Waals surface area contributed by atoms with Crippen molar-refractivity contribution in [3.05, 3.63) is 57.4 Å². The molecule has 1 aliphatic rings. The van der Waals surface area contributed by atoms with Gasteiger partial charge in [-0.15, -0.1) is 0 Å². The van der Waals surface area contributed by atoms with Gasteiger partial charge in [0, 0.05) is 15.7 Å². The SMILES string of the molecule is COc1cccc(/C=C2\SC(=O)N(CC(=O)Nc3ccc(Br)cc3)C2=O)c1OC(C)C. The zero-order chi connectivity index (χ0) is 22.5. The van der Waals surface area contributed by atoms with Crippen LogP contribution in [-0.4, -0.2) is 41.7 Å². The third kappa shape index (κ3) is 5.68. The highest BCUT2D eigenvalue weighted by Gasteiger charge is 2.36. The summed E-state index contributed by atoms with van der Waals surface area (Å²) in [6.07, 6.45) is 1.47. The van der Waals surface area contributed by atoms with Gasteiger partial charge in [-0.2, -0.15) is 0 Å². The maximum Gasteiger partial charge on any atom is 0.294 e. The van der Waals surface area contributed by atoms with E-state index in [4.69, 9.17) is 9.47 Å². The van der Waals surface area contributed by atoms with Crippen molar-refractivity contribution in [3.8, 4) is 11.5 Å². The molecule has 2 aromatic carbocycles. The number of anilines is 1. The summed E-state index contributed by atoms with van der Waals surface area (Å²) in [4.78, 5) is 38.7. The van der Waals surface area contributed by atoms with Crippen molar-refractivity contribution in [1.82, 2.24) is 4.90 Å². The molecule has 1 saturated heterocycles. The first-order valence-electron chi connectivity index (χ1n) is 9.43. The summed E-state index contributed by atoms with van der Waals surface area (Å²) in [7, 11) is 1.53. The second-order valence-electron chi connectivity index (χ2n) is 6.87. The van der Waals surface area contributed by atoms with Crippen LogP contribution in [0.3, 0.4) is 0 Å². The average molecular weight is 505 g/mol. The number of ether oxygens (including phenoxy) is 2. The number of methoxy groups -OCH3 is 1. The number of nitrogens with one attached hydrogen (secondary N) is 1. The molecule has 0 bridgehead atoms. The number of carbonyl (C=O) groups is 3. The Hall–Kier alpha value is -2.78. The standard InChI is InChI=1S/C22H21BrN2O5S/c1-13(2)30-20-14(5-4-6-17(20)29-3)11-18-21(27)25(22(28)31-18)12-19(26)24-16-9-7-15(23)8-10-16/h4-11,13H,12H2,1-3H3,(H,24,26)/b18-11-. The second kappa shape index (κ2) is 10.0. The van der Waals surface area contributed by atoms with E-state index in [0.29, 0.717) is 22.7 Å². The number of thioether (sulfide) groups is 1. The van der Waals surface area contributed by atoms with Gasteiger partial charge in [-0.3, -0.25) is 19.3 Å². The van der Waals surface area contributed by atoms with Crippen molar-refractivity contribution in [2.45, 2.75) is 20.0 Å². The fourth-order valence-corrected chi connectivity index (χ4v) is 3.92. The van der Waals surface area contributed by atoms with Crippen molar-refractivity contribution in [2.75, 3.05) is 19.0 Å². The molecule has 0 spiro atoms. The topological polar surface area (TPSA) is 84.9 Å². The zero-order valence-corrected chi connectivity index (χ0v) is 19.6. The Balaban J connectivity index is 1.77. The molecule has 3 amide bonds. The number of carbonyl (C=O) groups excluding carboxylic acids is 3. The van der Waals surface area contributed by atoms with E-state index < -0.39 is 17.1 Å². The fraction of sp³-hybridized carbons (Fsp3) is 0.227. The third-order valence-electron chi connectivity index (χ3n) is 4.17. The molecule has 31 heavy (non-hydrogen) atoms. The summed E-state index contributed by atoms with van der Waals surface area (Å²) >= 11 is 4.11. The summed E-state index contributed by atoms with van der Waals surface area (Å²) < 4.78 is 12.1. The van der Waals surface area contributed by atoms with Crippen molar-refractivity contribution < 1.29 is 23.9 Å². The van der Waals surface area contributed by atoms with Gasteiger partial charge in [0.05, 0.1) is 18.1 Å². The number of amides is 3. The van der Waals surface area contributed by atoms with Gasteiger partial charge in [-0.25, -0.2) is 0 Å². The number of hydrogen-bond acceptors (Lipinski definition) is 6. The van der Waals surface area contributed by atoms with Crippen LogP contribution in [0.4, 0.5) is 10.5 Å². The lowest BCUT2D eigenvalue weighted by molar-refractivity contribution is -0.127. The van der Waals surface area contributed by atoms with Gasteiger partial charge < -0.3 is 14.8 Å². The van der Waals surface area contributed by atoms with Crippen LogP contribution in [0.15, 0.2) is 51.8 Å². The maximum atomic E-state index is 12.8. The van der Waals surface area contributed by atoms with Crippen LogP contribution < -0.4 is 14.8 Å². The smallest absolute Gasteiger partial charge is 0.294 e. The highest BCUT2D eigenvalue weighted by Crippen LogP contribution is 2.37. The van der Waals surface area contributed by atoms with Crippen LogP contribution >= 0.6 is 27.7 Å². The van der Waals surface area contributed by atoms with Gasteiger partial charge in [0.1, 0.15) is 6.54 Å². The number of rotatable bonds is 7. The summed E-state index contributed by atoms with van der Waals surface area (Å²) in [5.41, 5.74) is 1.18. The van der Waals surface area contributed by atoms with Gasteiger partial charge in [-0.05, 0) is 62.0 Å². The molecule has 0 unspecified atom stereocenters. The molecule has 0 saturated carbocycles. The lowest BCUT2D eigenvalue weighted by Gasteiger charge is -2.16. The molecule has 162 valence electrons. The van der Waals surface area contributed by atoms with Crippen molar-refractivity contribution in [3.63, 3.8) is 0 Å². The first-order valence-corrected chi connectivity index (χ1v) is 11.0. The molecule has 0 atom stereocenters. The zero-order valence-electron chi connectivity index (χ0n) is 17.2. The number of nitrogens with zero attached hydrogens (tertiary/aromatic N) is 1. The van der Waals surface area contributed by atoms with E-state index in [0.717, 1.165) is 21.1 Å². The quantitative estimate of drug-likeness (QED) is 0.538. The van der Waals surface area contributed by atoms with Crippen molar-refractivity contribution in [1.29, 1.82) is 0 Å². The molecule has 0 aromatic heterocycles. The van der Waals surface area contributed by atoms with E-state index in [-0.39, 0.29) is 17.6 Å². The van der Waals surface area contributed by atoms with Gasteiger partial charge >= 0.3 is 0 Å². The van der Waals surface area contributed by atoms with Crippen LogP contribution in [0.2, 0.25) is 0 Å². The summed E-state index contributed by atoms with van der Waals surface area (Å²) in [6.45, 7) is 3.40. The Labute approximate surface area is 192 Å². The minimum absolute atomic E-state index is 0.110. The first kappa shape index (κ1) is 22.9. The summed E-state index contributed by atoms with van der Waals surface area (Å²) in [5.74, 6) is 0.0192. The van der Waals surface area contributed by atoms with Crippen LogP contribution in [0.1, 0.15) is 19.4 Å². The van der Waals surface area contributed by atoms with Crippen LogP contribution in [0, 0.1) is 0 Å². The molecule has 9 heteroatoms. The van der Waals surface area contributed by atoms with Crippen LogP contribution in [0.5, 0.6) is 11.5 Å². The lowest BCUT2D eigenvalue weighted by atomic mass is 10.1. The average Bonchev–Trinajstić information content (AvgIpc) is 2.98. The minimum Gasteiger partial charge on any atom is -0.493 e. The number of para-hydroxylation sites is 1. The normalized spacial score (nSPS) is 15.0.